The van der Waals surface area contributed by atoms with Crippen LogP contribution in [0.4, 0.5) is 0 Å². The Morgan fingerprint density at radius 1 is 1.78 bits per heavy atom. The Kier molecular flexibility index (Phi) is 1.38. The summed E-state index contributed by atoms with van der Waals surface area (Å²) in [6, 6.07) is -0.641. The smallest absolute Gasteiger partial charge is 0.326 e. The molecular weight excluding hydrogens is 128 g/mol. The molecule has 0 aromatic carbocycles. The summed E-state index contributed by atoms with van der Waals surface area (Å²) in [6.45, 7) is 0. The fourth-order valence-corrected chi connectivity index (χ4v) is 0.799. The molecule has 2 N–H and O–H groups in total. The first-order valence-electron chi connectivity index (χ1n) is 2.72. The van der Waals surface area contributed by atoms with Gasteiger partial charge in [0.1, 0.15) is 6.04 Å². The van der Waals surface area contributed by atoms with Crippen molar-refractivity contribution in [3.63, 3.8) is 0 Å². The van der Waals surface area contributed by atoms with Crippen molar-refractivity contribution in [1.82, 2.24) is 5.32 Å². The molecular formula is C5H7NO3. The number of carboxylic acids is 1. The topological polar surface area (TPSA) is 66.4 Å². The maximum atomic E-state index is 10.4. The van der Waals surface area contributed by atoms with Crippen LogP contribution in [-0.2, 0) is 9.59 Å². The van der Waals surface area contributed by atoms with Gasteiger partial charge in [0.15, 0.2) is 0 Å². The molecule has 9 heavy (non-hydrogen) atoms. The molecule has 1 atom stereocenters. The Labute approximate surface area is 51.9 Å². The maximum absolute atomic E-state index is 10.4. The lowest BCUT2D eigenvalue weighted by atomic mass is 11.2. The van der Waals surface area contributed by atoms with Gasteiger partial charge in [-0.1, -0.05) is 0 Å². The first-order chi connectivity index (χ1) is 4.20. The Balaban J connectivity index is 2.48. The third kappa shape index (κ3) is 1.19. The van der Waals surface area contributed by atoms with E-state index >= 15 is 0 Å². The highest BCUT2D eigenvalue weighted by molar-refractivity contribution is 5.87. The average molecular weight is 135 g/mol. The summed E-state index contributed by atoms with van der Waals surface area (Å²) in [7, 11) is 0. The number of hydrogen-bond acceptors (Lipinski definition) is 2. The Hall–Kier alpha value is -1.06. The molecule has 0 aliphatic carbocycles. The van der Waals surface area contributed by atoms with E-state index in [9.17, 15) is 9.59 Å². The molecule has 1 aliphatic rings. The second-order valence-corrected chi connectivity index (χ2v) is 2.00. The number of hydrogen-bond donors (Lipinski definition) is 2. The van der Waals surface area contributed by atoms with Crippen molar-refractivity contribution >= 4 is 11.9 Å². The van der Waals surface area contributed by atoms with E-state index < -0.39 is 12.0 Å². The summed E-state index contributed by atoms with van der Waals surface area (Å²) in [6.07, 6.45) is 0.769. The fraction of sp³-hybridized carbons (Fsp3) is 0.600. The zero-order valence-electron chi connectivity index (χ0n) is 4.76. The summed E-state index contributed by atoms with van der Waals surface area (Å²) in [5.74, 6) is -1.11. The lowest BCUT2D eigenvalue weighted by molar-refractivity contribution is -0.140. The van der Waals surface area contributed by atoms with Crippen molar-refractivity contribution in [2.75, 3.05) is 0 Å². The van der Waals surface area contributed by atoms with Gasteiger partial charge < -0.3 is 10.4 Å². The molecule has 0 radical (unpaired) electrons. The van der Waals surface area contributed by atoms with Crippen molar-refractivity contribution < 1.29 is 14.7 Å². The summed E-state index contributed by atoms with van der Waals surface area (Å²) in [5, 5.41) is 10.6. The highest BCUT2D eigenvalue weighted by Crippen LogP contribution is 2.05. The summed E-state index contributed by atoms with van der Waals surface area (Å²) >= 11 is 0. The first-order valence-corrected chi connectivity index (χ1v) is 2.72. The minimum atomic E-state index is -0.944. The van der Waals surface area contributed by atoms with Crippen LogP contribution in [0.1, 0.15) is 12.8 Å². The molecule has 1 fully saturated rings. The van der Waals surface area contributed by atoms with Crippen LogP contribution < -0.4 is 5.32 Å². The van der Waals surface area contributed by atoms with Crippen LogP contribution in [-0.4, -0.2) is 23.0 Å². The monoisotopic (exact) mass is 135 g/mol. The summed E-state index contributed by atoms with van der Waals surface area (Å²) in [4.78, 5) is 20.5. The first kappa shape index (κ1) is 6.07. The molecule has 4 nitrogen and oxygen atoms in total. The molecule has 1 aliphatic heterocycles. The van der Waals surface area contributed by atoms with Gasteiger partial charge in [0.05, 0.1) is 0 Å². The van der Waals surface area contributed by atoms with Gasteiger partial charge in [-0.25, -0.2) is 4.79 Å². The van der Waals surface area contributed by atoms with E-state index in [1.165, 1.54) is 0 Å². The van der Waals surface area contributed by atoms with E-state index in [1.807, 2.05) is 0 Å². The number of carbonyl (C=O) groups is 2. The van der Waals surface area contributed by atoms with E-state index in [0.29, 0.717) is 12.8 Å². The van der Waals surface area contributed by atoms with Gasteiger partial charge in [-0.15, -0.1) is 0 Å². The SMILES string of the molecule is O=[13C]1[13CH2][13CH2][13C@@H]([13C](=O)O)[15NH]1. The third-order valence-corrected chi connectivity index (χ3v) is 1.29. The van der Waals surface area contributed by atoms with E-state index in [1.54, 1.807) is 0 Å². The van der Waals surface area contributed by atoms with Gasteiger partial charge in [0.25, 0.3) is 0 Å². The molecule has 0 aromatic rings. The number of carbonyl (C=O) groups excluding carboxylic acids is 1. The lowest BCUT2D eigenvalue weighted by Crippen LogP contribution is -2.32. The number of aliphatic carboxylic acids is 1. The number of nitrogens with one attached hydrogen (secondary N) is 1. The Bertz CT molecular complexity index is 154. The van der Waals surface area contributed by atoms with Crippen LogP contribution in [0.15, 0.2) is 0 Å². The van der Waals surface area contributed by atoms with Crippen molar-refractivity contribution in [1.29, 1.82) is 0 Å². The van der Waals surface area contributed by atoms with Gasteiger partial charge in [-0.2, -0.15) is 0 Å². The minimum Gasteiger partial charge on any atom is -0.480 e. The third-order valence-electron chi connectivity index (χ3n) is 1.29. The van der Waals surface area contributed by atoms with Gasteiger partial charge in [-0.3, -0.25) is 4.79 Å². The van der Waals surface area contributed by atoms with Crippen LogP contribution >= 0.6 is 0 Å². The van der Waals surface area contributed by atoms with Crippen molar-refractivity contribution in [2.45, 2.75) is 18.9 Å². The quantitative estimate of drug-likeness (QED) is 0.371. The minimum absolute atomic E-state index is 0.164. The normalized spacial score (nSPS) is 25.8. The van der Waals surface area contributed by atoms with Crippen molar-refractivity contribution in [3.05, 3.63) is 0 Å². The van der Waals surface area contributed by atoms with Gasteiger partial charge in [0, 0.05) is 6.42 Å². The lowest BCUT2D eigenvalue weighted by Gasteiger charge is -1.99. The second kappa shape index (κ2) is 2.05. The predicted molar refractivity (Wildman–Crippen MR) is 28.8 cm³/mol. The molecule has 1 heterocycles. The van der Waals surface area contributed by atoms with Crippen LogP contribution in [0, 0.1) is 0 Å². The van der Waals surface area contributed by atoms with Crippen LogP contribution in [0.2, 0.25) is 0 Å². The second-order valence-electron chi connectivity index (χ2n) is 2.00. The summed E-state index contributed by atoms with van der Waals surface area (Å²) in [5.41, 5.74) is 0. The zero-order chi connectivity index (χ0) is 6.85. The number of amides is 1. The molecule has 0 unspecified atom stereocenters. The van der Waals surface area contributed by atoms with Crippen LogP contribution in [0.25, 0.3) is 0 Å². The highest BCUT2D eigenvalue weighted by atomic mass is 16.5. The highest BCUT2D eigenvalue weighted by Gasteiger charge is 2.26. The van der Waals surface area contributed by atoms with Crippen molar-refractivity contribution in [2.24, 2.45) is 0 Å². The summed E-state index contributed by atoms with van der Waals surface area (Å²) < 4.78 is 0. The Morgan fingerprint density at radius 3 is 2.67 bits per heavy atom. The molecule has 0 saturated carbocycles. The van der Waals surface area contributed by atoms with E-state index in [2.05, 4.69) is 5.32 Å². The number of rotatable bonds is 1. The van der Waals surface area contributed by atoms with Gasteiger partial charge in [-0.05, 0) is 6.42 Å². The largest absolute Gasteiger partial charge is 0.480 e. The maximum Gasteiger partial charge on any atom is 0.326 e. The molecule has 1 rings (SSSR count). The molecule has 1 amide bonds. The van der Waals surface area contributed by atoms with Crippen LogP contribution in [0.3, 0.4) is 0 Å². The molecule has 4 heteroatoms. The molecule has 0 spiro atoms. The predicted octanol–water partition coefficient (Wildman–Crippen LogP) is -0.650. The van der Waals surface area contributed by atoms with E-state index in [-0.39, 0.29) is 5.91 Å². The van der Waals surface area contributed by atoms with E-state index in [0.717, 1.165) is 0 Å². The van der Waals surface area contributed by atoms with Crippen molar-refractivity contribution in [3.8, 4) is 0 Å². The average Bonchev–Trinajstić information content (AvgIpc) is 2.14. The molecule has 1 saturated heterocycles. The molecule has 50 valence electrons. The zero-order valence-corrected chi connectivity index (χ0v) is 4.76. The van der Waals surface area contributed by atoms with E-state index in [4.69, 9.17) is 5.11 Å². The molecule has 0 aromatic heterocycles. The molecule has 0 bridgehead atoms. The fourth-order valence-electron chi connectivity index (χ4n) is 0.799. The standard InChI is InChI=1S/C5H7NO3/c7-4-2-1-3(6-4)5(8)9/h3H,1-2H2,(H,6,7)(H,8,9)/t3-/m0/s1/i1+1,2+1,3+1,4+1,5+1,6+1. The Morgan fingerprint density at radius 2 is 2.44 bits per heavy atom. The van der Waals surface area contributed by atoms with Gasteiger partial charge in [0.2, 0.25) is 5.91 Å². The van der Waals surface area contributed by atoms with Gasteiger partial charge >= 0.3 is 5.97 Å². The van der Waals surface area contributed by atoms with Crippen LogP contribution in [0.5, 0.6) is 0 Å². The number of carboxylic acid groups (broad SMARTS) is 1.